The Hall–Kier alpha value is -1.84. The number of nitrogens with one attached hydrogen (secondary N) is 1. The first kappa shape index (κ1) is 17.5. The first-order chi connectivity index (χ1) is 10.9. The molecule has 0 unspecified atom stereocenters. The van der Waals surface area contributed by atoms with Gasteiger partial charge in [0.1, 0.15) is 0 Å². The summed E-state index contributed by atoms with van der Waals surface area (Å²) in [4.78, 5) is 14.3. The minimum atomic E-state index is -0.0602. The van der Waals surface area contributed by atoms with Gasteiger partial charge < -0.3 is 5.32 Å². The molecule has 0 saturated heterocycles. The standard InChI is InChI=1S/C19H23ClN2O/c1-13-9-15(3)19(17(20)10-13)21-18(23)12-22(4)11-16-8-6-5-7-14(16)2/h5-10H,11-12H2,1-4H3,(H,21,23). The molecule has 122 valence electrons. The highest BCUT2D eigenvalue weighted by molar-refractivity contribution is 6.34. The lowest BCUT2D eigenvalue weighted by Crippen LogP contribution is -2.30. The molecule has 0 fully saturated rings. The summed E-state index contributed by atoms with van der Waals surface area (Å²) in [5, 5.41) is 3.51. The minimum absolute atomic E-state index is 0.0602. The smallest absolute Gasteiger partial charge is 0.238 e. The summed E-state index contributed by atoms with van der Waals surface area (Å²) in [6.45, 7) is 7.07. The van der Waals surface area contributed by atoms with E-state index in [0.29, 0.717) is 17.3 Å². The average Bonchev–Trinajstić information content (AvgIpc) is 2.45. The Labute approximate surface area is 143 Å². The van der Waals surface area contributed by atoms with Crippen LogP contribution in [0.2, 0.25) is 5.02 Å². The third kappa shape index (κ3) is 4.81. The van der Waals surface area contributed by atoms with E-state index in [9.17, 15) is 4.79 Å². The lowest BCUT2D eigenvalue weighted by Gasteiger charge is -2.18. The topological polar surface area (TPSA) is 32.3 Å². The van der Waals surface area contributed by atoms with Crippen LogP contribution in [0.15, 0.2) is 36.4 Å². The highest BCUT2D eigenvalue weighted by Gasteiger charge is 2.12. The summed E-state index contributed by atoms with van der Waals surface area (Å²) in [5.41, 5.74) is 5.23. The van der Waals surface area contributed by atoms with Gasteiger partial charge in [-0.1, -0.05) is 41.9 Å². The fourth-order valence-electron chi connectivity index (χ4n) is 2.63. The van der Waals surface area contributed by atoms with Gasteiger partial charge in [0.25, 0.3) is 0 Å². The van der Waals surface area contributed by atoms with Gasteiger partial charge >= 0.3 is 0 Å². The number of hydrogen-bond acceptors (Lipinski definition) is 2. The number of carbonyl (C=O) groups excluding carboxylic acids is 1. The van der Waals surface area contributed by atoms with Crippen LogP contribution >= 0.6 is 11.6 Å². The van der Waals surface area contributed by atoms with Gasteiger partial charge in [-0.05, 0) is 56.1 Å². The van der Waals surface area contributed by atoms with Crippen molar-refractivity contribution in [3.8, 4) is 0 Å². The summed E-state index contributed by atoms with van der Waals surface area (Å²) in [6, 6.07) is 12.1. The van der Waals surface area contributed by atoms with Crippen molar-refractivity contribution in [1.29, 1.82) is 0 Å². The maximum atomic E-state index is 12.3. The largest absolute Gasteiger partial charge is 0.323 e. The monoisotopic (exact) mass is 330 g/mol. The Bertz CT molecular complexity index is 689. The van der Waals surface area contributed by atoms with Gasteiger partial charge in [-0.2, -0.15) is 0 Å². The number of likely N-dealkylation sites (N-methyl/N-ethyl adjacent to an activating group) is 1. The van der Waals surface area contributed by atoms with Crippen LogP contribution in [0.1, 0.15) is 22.3 Å². The third-order valence-electron chi connectivity index (χ3n) is 3.81. The molecule has 3 nitrogen and oxygen atoms in total. The molecule has 2 aromatic carbocycles. The lowest BCUT2D eigenvalue weighted by atomic mass is 10.1. The summed E-state index contributed by atoms with van der Waals surface area (Å²) < 4.78 is 0. The quantitative estimate of drug-likeness (QED) is 0.884. The Morgan fingerprint density at radius 3 is 2.48 bits per heavy atom. The zero-order chi connectivity index (χ0) is 17.0. The van der Waals surface area contributed by atoms with Gasteiger partial charge in [0, 0.05) is 6.54 Å². The number of hydrogen-bond donors (Lipinski definition) is 1. The lowest BCUT2D eigenvalue weighted by molar-refractivity contribution is -0.117. The van der Waals surface area contributed by atoms with Crippen molar-refractivity contribution in [3.63, 3.8) is 0 Å². The Balaban J connectivity index is 1.98. The van der Waals surface area contributed by atoms with Gasteiger partial charge in [-0.3, -0.25) is 9.69 Å². The number of benzene rings is 2. The number of anilines is 1. The van der Waals surface area contributed by atoms with Gasteiger partial charge in [-0.15, -0.1) is 0 Å². The van der Waals surface area contributed by atoms with Crippen LogP contribution in [-0.2, 0) is 11.3 Å². The molecule has 0 radical (unpaired) electrons. The highest BCUT2D eigenvalue weighted by atomic mass is 35.5. The van der Waals surface area contributed by atoms with Crippen molar-refractivity contribution >= 4 is 23.2 Å². The van der Waals surface area contributed by atoms with Crippen molar-refractivity contribution in [3.05, 3.63) is 63.7 Å². The van der Waals surface area contributed by atoms with E-state index in [-0.39, 0.29) is 5.91 Å². The minimum Gasteiger partial charge on any atom is -0.323 e. The molecule has 2 rings (SSSR count). The summed E-state index contributed by atoms with van der Waals surface area (Å²) >= 11 is 6.24. The van der Waals surface area contributed by atoms with Crippen LogP contribution in [-0.4, -0.2) is 24.4 Å². The fourth-order valence-corrected chi connectivity index (χ4v) is 3.00. The zero-order valence-corrected chi connectivity index (χ0v) is 14.9. The normalized spacial score (nSPS) is 10.9. The number of halogens is 1. The van der Waals surface area contributed by atoms with E-state index in [0.717, 1.165) is 17.7 Å². The van der Waals surface area contributed by atoms with Gasteiger partial charge in [0.05, 0.1) is 17.3 Å². The molecule has 0 atom stereocenters. The fraction of sp³-hybridized carbons (Fsp3) is 0.316. The van der Waals surface area contributed by atoms with Crippen LogP contribution in [0.4, 0.5) is 5.69 Å². The van der Waals surface area contributed by atoms with Crippen LogP contribution < -0.4 is 5.32 Å². The Morgan fingerprint density at radius 2 is 1.83 bits per heavy atom. The SMILES string of the molecule is Cc1cc(C)c(NC(=O)CN(C)Cc2ccccc2C)c(Cl)c1. The third-order valence-corrected chi connectivity index (χ3v) is 4.11. The van der Waals surface area contributed by atoms with Crippen LogP contribution in [0.25, 0.3) is 0 Å². The predicted octanol–water partition coefficient (Wildman–Crippen LogP) is 4.34. The Kier molecular flexibility index (Phi) is 5.80. The molecule has 0 aliphatic heterocycles. The van der Waals surface area contributed by atoms with Crippen molar-refractivity contribution in [2.24, 2.45) is 0 Å². The average molecular weight is 331 g/mol. The molecule has 4 heteroatoms. The van der Waals surface area contributed by atoms with E-state index >= 15 is 0 Å². The molecule has 1 N–H and O–H groups in total. The molecule has 23 heavy (non-hydrogen) atoms. The maximum Gasteiger partial charge on any atom is 0.238 e. The van der Waals surface area contributed by atoms with E-state index < -0.39 is 0 Å². The van der Waals surface area contributed by atoms with Crippen molar-refractivity contribution in [2.75, 3.05) is 18.9 Å². The predicted molar refractivity (Wildman–Crippen MR) is 97.1 cm³/mol. The molecular formula is C19H23ClN2O. The molecule has 0 saturated carbocycles. The van der Waals surface area contributed by atoms with Crippen molar-refractivity contribution in [2.45, 2.75) is 27.3 Å². The van der Waals surface area contributed by atoms with E-state index in [1.807, 2.05) is 50.1 Å². The van der Waals surface area contributed by atoms with Crippen LogP contribution in [0.5, 0.6) is 0 Å². The van der Waals surface area contributed by atoms with E-state index in [1.54, 1.807) is 0 Å². The van der Waals surface area contributed by atoms with Gasteiger partial charge in [0.2, 0.25) is 5.91 Å². The van der Waals surface area contributed by atoms with E-state index in [1.165, 1.54) is 11.1 Å². The molecule has 0 aromatic heterocycles. The summed E-state index contributed by atoms with van der Waals surface area (Å²) in [6.07, 6.45) is 0. The molecule has 0 heterocycles. The number of rotatable bonds is 5. The van der Waals surface area contributed by atoms with Gasteiger partial charge in [-0.25, -0.2) is 0 Å². The second-order valence-corrected chi connectivity index (χ2v) is 6.49. The molecular weight excluding hydrogens is 308 g/mol. The molecule has 0 spiro atoms. The van der Waals surface area contributed by atoms with Crippen LogP contribution in [0.3, 0.4) is 0 Å². The van der Waals surface area contributed by atoms with E-state index in [4.69, 9.17) is 11.6 Å². The molecule has 0 aliphatic carbocycles. The molecule has 1 amide bonds. The van der Waals surface area contributed by atoms with E-state index in [2.05, 4.69) is 24.4 Å². The second kappa shape index (κ2) is 7.62. The molecule has 2 aromatic rings. The second-order valence-electron chi connectivity index (χ2n) is 6.09. The number of nitrogens with zero attached hydrogens (tertiary/aromatic N) is 1. The maximum absolute atomic E-state index is 12.3. The first-order valence-electron chi connectivity index (χ1n) is 7.66. The summed E-state index contributed by atoms with van der Waals surface area (Å²) in [7, 11) is 1.94. The van der Waals surface area contributed by atoms with Crippen molar-refractivity contribution in [1.82, 2.24) is 4.90 Å². The Morgan fingerprint density at radius 1 is 1.13 bits per heavy atom. The van der Waals surface area contributed by atoms with Crippen molar-refractivity contribution < 1.29 is 4.79 Å². The molecule has 0 bridgehead atoms. The zero-order valence-electron chi connectivity index (χ0n) is 14.1. The first-order valence-corrected chi connectivity index (χ1v) is 8.04. The number of aryl methyl sites for hydroxylation is 3. The number of carbonyl (C=O) groups is 1. The van der Waals surface area contributed by atoms with Gasteiger partial charge in [0.15, 0.2) is 0 Å². The molecule has 0 aliphatic rings. The van der Waals surface area contributed by atoms with Crippen LogP contribution in [0, 0.1) is 20.8 Å². The number of amides is 1. The highest BCUT2D eigenvalue weighted by Crippen LogP contribution is 2.27. The summed E-state index contributed by atoms with van der Waals surface area (Å²) in [5.74, 6) is -0.0602.